The minimum absolute atomic E-state index is 0.0880. The predicted molar refractivity (Wildman–Crippen MR) is 72.6 cm³/mol. The Morgan fingerprint density at radius 1 is 0.842 bits per heavy atom. The molecular weight excluding hydrogens is 244 g/mol. The largest absolute Gasteiger partial charge is 0.508 e. The number of hydrogen-bond acceptors (Lipinski definition) is 4. The van der Waals surface area contributed by atoms with Gasteiger partial charge >= 0.3 is 0 Å². The summed E-state index contributed by atoms with van der Waals surface area (Å²) >= 11 is 0. The van der Waals surface area contributed by atoms with Crippen molar-refractivity contribution in [3.8, 4) is 11.5 Å². The van der Waals surface area contributed by atoms with E-state index in [2.05, 4.69) is 0 Å². The zero-order valence-electron chi connectivity index (χ0n) is 10.7. The second-order valence-electron chi connectivity index (χ2n) is 4.06. The van der Waals surface area contributed by atoms with Crippen LogP contribution >= 0.6 is 0 Å². The highest BCUT2D eigenvalue weighted by Crippen LogP contribution is 2.20. The van der Waals surface area contributed by atoms with Crippen LogP contribution in [0.25, 0.3) is 0 Å². The SMILES string of the molecule is CCC(O)(O)c1ccccc1.Oc1cccc(O)c1. The summed E-state index contributed by atoms with van der Waals surface area (Å²) in [6.07, 6.45) is 0.303. The van der Waals surface area contributed by atoms with Crippen LogP contribution in [0.3, 0.4) is 0 Å². The fourth-order valence-electron chi connectivity index (χ4n) is 1.40. The van der Waals surface area contributed by atoms with Gasteiger partial charge in [-0.15, -0.1) is 0 Å². The van der Waals surface area contributed by atoms with Crippen molar-refractivity contribution in [1.29, 1.82) is 0 Å². The molecule has 0 spiro atoms. The molecule has 0 radical (unpaired) electrons. The van der Waals surface area contributed by atoms with Gasteiger partial charge in [-0.1, -0.05) is 43.3 Å². The molecule has 2 aromatic rings. The highest BCUT2D eigenvalue weighted by molar-refractivity contribution is 5.30. The van der Waals surface area contributed by atoms with Crippen molar-refractivity contribution in [3.05, 3.63) is 60.2 Å². The summed E-state index contributed by atoms with van der Waals surface area (Å²) in [7, 11) is 0. The molecule has 0 aliphatic carbocycles. The lowest BCUT2D eigenvalue weighted by Gasteiger charge is -2.19. The molecule has 2 aromatic carbocycles. The fourth-order valence-corrected chi connectivity index (χ4v) is 1.40. The molecule has 4 heteroatoms. The zero-order chi connectivity index (χ0) is 14.3. The predicted octanol–water partition coefficient (Wildman–Crippen LogP) is 2.33. The Morgan fingerprint density at radius 2 is 1.37 bits per heavy atom. The van der Waals surface area contributed by atoms with Crippen LogP contribution in [0.1, 0.15) is 18.9 Å². The van der Waals surface area contributed by atoms with Gasteiger partial charge in [0.2, 0.25) is 0 Å². The average molecular weight is 262 g/mol. The Labute approximate surface area is 112 Å². The van der Waals surface area contributed by atoms with Gasteiger partial charge in [0.1, 0.15) is 11.5 Å². The molecule has 2 rings (SSSR count). The summed E-state index contributed by atoms with van der Waals surface area (Å²) in [5, 5.41) is 36.0. The molecule has 0 aliphatic heterocycles. The molecule has 0 saturated carbocycles. The minimum atomic E-state index is -1.67. The van der Waals surface area contributed by atoms with Gasteiger partial charge in [0.15, 0.2) is 5.79 Å². The number of aliphatic hydroxyl groups is 2. The first kappa shape index (κ1) is 15.0. The van der Waals surface area contributed by atoms with Crippen molar-refractivity contribution in [3.63, 3.8) is 0 Å². The van der Waals surface area contributed by atoms with Gasteiger partial charge in [-0.05, 0) is 12.1 Å². The van der Waals surface area contributed by atoms with E-state index in [4.69, 9.17) is 10.2 Å². The quantitative estimate of drug-likeness (QED) is 0.626. The topological polar surface area (TPSA) is 80.9 Å². The number of phenolic OH excluding ortho intramolecular Hbond substituents is 2. The summed E-state index contributed by atoms with van der Waals surface area (Å²) in [4.78, 5) is 0. The molecule has 19 heavy (non-hydrogen) atoms. The molecular formula is C15H18O4. The monoisotopic (exact) mass is 262 g/mol. The maximum Gasteiger partial charge on any atom is 0.189 e. The second-order valence-corrected chi connectivity index (χ2v) is 4.06. The molecule has 0 bridgehead atoms. The highest BCUT2D eigenvalue weighted by atomic mass is 16.5. The lowest BCUT2D eigenvalue weighted by Crippen LogP contribution is -2.23. The van der Waals surface area contributed by atoms with Gasteiger partial charge in [0.05, 0.1) is 0 Å². The molecule has 0 fully saturated rings. The van der Waals surface area contributed by atoms with Crippen LogP contribution in [0.2, 0.25) is 0 Å². The molecule has 0 amide bonds. The number of rotatable bonds is 2. The third-order valence-electron chi connectivity index (χ3n) is 2.56. The van der Waals surface area contributed by atoms with E-state index in [0.29, 0.717) is 12.0 Å². The maximum atomic E-state index is 9.35. The first-order chi connectivity index (χ1) is 8.95. The molecule has 102 valence electrons. The molecule has 4 N–H and O–H groups in total. The van der Waals surface area contributed by atoms with Crippen molar-refractivity contribution in [2.45, 2.75) is 19.1 Å². The van der Waals surface area contributed by atoms with E-state index in [-0.39, 0.29) is 11.5 Å². The fraction of sp³-hybridized carbons (Fsp3) is 0.200. The normalized spacial score (nSPS) is 10.5. The van der Waals surface area contributed by atoms with Gasteiger partial charge < -0.3 is 20.4 Å². The Morgan fingerprint density at radius 3 is 1.74 bits per heavy atom. The maximum absolute atomic E-state index is 9.35. The first-order valence-corrected chi connectivity index (χ1v) is 5.94. The summed E-state index contributed by atoms with van der Waals surface area (Å²) in [6, 6.07) is 14.7. The van der Waals surface area contributed by atoms with Crippen molar-refractivity contribution >= 4 is 0 Å². The third-order valence-corrected chi connectivity index (χ3v) is 2.56. The number of hydrogen-bond donors (Lipinski definition) is 4. The van der Waals surface area contributed by atoms with Gasteiger partial charge in [-0.25, -0.2) is 0 Å². The molecule has 0 aliphatic rings. The van der Waals surface area contributed by atoms with E-state index in [0.717, 1.165) is 0 Å². The highest BCUT2D eigenvalue weighted by Gasteiger charge is 2.21. The lowest BCUT2D eigenvalue weighted by molar-refractivity contribution is -0.171. The summed E-state index contributed by atoms with van der Waals surface area (Å²) in [5.74, 6) is -1.49. The summed E-state index contributed by atoms with van der Waals surface area (Å²) in [6.45, 7) is 1.73. The smallest absolute Gasteiger partial charge is 0.189 e. The Bertz CT molecular complexity index is 477. The summed E-state index contributed by atoms with van der Waals surface area (Å²) < 4.78 is 0. The van der Waals surface area contributed by atoms with Crippen molar-refractivity contribution < 1.29 is 20.4 Å². The lowest BCUT2D eigenvalue weighted by atomic mass is 10.0. The van der Waals surface area contributed by atoms with Crippen LogP contribution in [-0.2, 0) is 5.79 Å². The average Bonchev–Trinajstić information content (AvgIpc) is 2.40. The van der Waals surface area contributed by atoms with Crippen LogP contribution in [0.4, 0.5) is 0 Å². The molecule has 0 aromatic heterocycles. The van der Waals surface area contributed by atoms with Crippen LogP contribution in [-0.4, -0.2) is 20.4 Å². The number of aromatic hydroxyl groups is 2. The van der Waals surface area contributed by atoms with Crippen molar-refractivity contribution in [2.24, 2.45) is 0 Å². The molecule has 0 heterocycles. The Hall–Kier alpha value is -2.04. The second kappa shape index (κ2) is 6.78. The van der Waals surface area contributed by atoms with E-state index < -0.39 is 5.79 Å². The van der Waals surface area contributed by atoms with Crippen LogP contribution in [0.15, 0.2) is 54.6 Å². The van der Waals surface area contributed by atoms with Gasteiger partial charge in [-0.2, -0.15) is 0 Å². The van der Waals surface area contributed by atoms with Crippen molar-refractivity contribution in [2.75, 3.05) is 0 Å². The van der Waals surface area contributed by atoms with Crippen LogP contribution < -0.4 is 0 Å². The first-order valence-electron chi connectivity index (χ1n) is 5.94. The van der Waals surface area contributed by atoms with E-state index >= 15 is 0 Å². The number of phenols is 2. The molecule has 0 saturated heterocycles. The summed E-state index contributed by atoms with van der Waals surface area (Å²) in [5.41, 5.74) is 0.544. The van der Waals surface area contributed by atoms with Gasteiger partial charge in [0.25, 0.3) is 0 Å². The Kier molecular flexibility index (Phi) is 5.36. The molecule has 0 unspecified atom stereocenters. The van der Waals surface area contributed by atoms with Gasteiger partial charge in [-0.3, -0.25) is 0 Å². The molecule has 0 atom stereocenters. The molecule has 4 nitrogen and oxygen atoms in total. The van der Waals surface area contributed by atoms with E-state index in [9.17, 15) is 10.2 Å². The minimum Gasteiger partial charge on any atom is -0.508 e. The van der Waals surface area contributed by atoms with E-state index in [1.54, 1.807) is 37.3 Å². The standard InChI is InChI=1S/C9H12O2.C6H6O2/c1-2-9(10,11)8-6-4-3-5-7-8;7-5-2-1-3-6(8)4-5/h3-7,10-11H,2H2,1H3;1-4,7-8H. The Balaban J connectivity index is 0.000000200. The van der Waals surface area contributed by atoms with Crippen LogP contribution in [0, 0.1) is 0 Å². The third kappa shape index (κ3) is 4.99. The van der Waals surface area contributed by atoms with E-state index in [1.165, 1.54) is 18.2 Å². The van der Waals surface area contributed by atoms with Crippen molar-refractivity contribution in [1.82, 2.24) is 0 Å². The van der Waals surface area contributed by atoms with E-state index in [1.807, 2.05) is 6.07 Å². The zero-order valence-corrected chi connectivity index (χ0v) is 10.7. The van der Waals surface area contributed by atoms with Crippen LogP contribution in [0.5, 0.6) is 11.5 Å². The number of benzene rings is 2. The van der Waals surface area contributed by atoms with Gasteiger partial charge in [0, 0.05) is 18.1 Å².